The van der Waals surface area contributed by atoms with E-state index in [2.05, 4.69) is 10.2 Å². The van der Waals surface area contributed by atoms with Crippen molar-refractivity contribution in [2.24, 2.45) is 10.2 Å². The number of phenolic OH excluding ortho intramolecular Hbond substituents is 1. The summed E-state index contributed by atoms with van der Waals surface area (Å²) in [5, 5.41) is 27.9. The van der Waals surface area contributed by atoms with Crippen molar-refractivity contribution in [3.63, 3.8) is 0 Å². The highest BCUT2D eigenvalue weighted by Gasteiger charge is 2.37. The Morgan fingerprint density at radius 3 is 2.66 bits per heavy atom. The minimum absolute atomic E-state index is 0.132. The van der Waals surface area contributed by atoms with Gasteiger partial charge in [-0.2, -0.15) is 5.10 Å². The number of carbonyl (C=O) groups is 2. The number of furan rings is 1. The lowest BCUT2D eigenvalue weighted by molar-refractivity contribution is -0.139. The number of fused-ring (bicyclic) bond motifs is 1. The average molecular weight is 421 g/mol. The molecule has 1 aromatic carbocycles. The van der Waals surface area contributed by atoms with Crippen LogP contribution in [0, 0.1) is 0 Å². The zero-order valence-corrected chi connectivity index (χ0v) is 16.9. The maximum Gasteiger partial charge on any atom is 0.305 e. The molecule has 0 spiro atoms. The molecule has 2 aromatic rings. The Morgan fingerprint density at radius 2 is 2.03 bits per heavy atom. The fraction of sp³-hybridized carbons (Fsp3) is 0.333. The standard InChI is InChI=1S/C18H19N3O7S/c1-8(19-20-18-21(2)17(25)10(29-18)7-11(22)23)12-13(24)16(27-4)15-9(5-6-28-15)14(12)26-3/h5-6,10,24H,7H2,1-4H3,(H,22,23)/b19-8+,20-18-. The van der Waals surface area contributed by atoms with Crippen LogP contribution < -0.4 is 9.47 Å². The quantitative estimate of drug-likeness (QED) is 0.536. The summed E-state index contributed by atoms with van der Waals surface area (Å²) in [5.74, 6) is -1.18. The summed E-state index contributed by atoms with van der Waals surface area (Å²) < 4.78 is 16.1. The summed E-state index contributed by atoms with van der Waals surface area (Å²) >= 11 is 1.02. The van der Waals surface area contributed by atoms with Crippen molar-refractivity contribution >= 4 is 45.5 Å². The first kappa shape index (κ1) is 20.5. The number of carboxylic acid groups (broad SMARTS) is 1. The number of hydrogen-bond acceptors (Lipinski definition) is 9. The van der Waals surface area contributed by atoms with Crippen LogP contribution in [0.5, 0.6) is 17.2 Å². The summed E-state index contributed by atoms with van der Waals surface area (Å²) in [4.78, 5) is 24.3. The Labute approximate surface area is 169 Å². The van der Waals surface area contributed by atoms with Gasteiger partial charge in [0.15, 0.2) is 16.5 Å². The van der Waals surface area contributed by atoms with Crippen LogP contribution in [0.4, 0.5) is 0 Å². The van der Waals surface area contributed by atoms with E-state index in [0.29, 0.717) is 22.4 Å². The van der Waals surface area contributed by atoms with Crippen LogP contribution in [-0.2, 0) is 9.59 Å². The molecule has 1 atom stereocenters. The van der Waals surface area contributed by atoms with E-state index >= 15 is 0 Å². The third-order valence-corrected chi connectivity index (χ3v) is 5.57. The summed E-state index contributed by atoms with van der Waals surface area (Å²) in [5.41, 5.74) is 0.899. The summed E-state index contributed by atoms with van der Waals surface area (Å²) in [6, 6.07) is 1.68. The fourth-order valence-corrected chi connectivity index (χ4v) is 4.05. The van der Waals surface area contributed by atoms with Crippen LogP contribution in [0.3, 0.4) is 0 Å². The van der Waals surface area contributed by atoms with Gasteiger partial charge in [0, 0.05) is 7.05 Å². The van der Waals surface area contributed by atoms with Gasteiger partial charge in [0.1, 0.15) is 11.0 Å². The maximum atomic E-state index is 12.1. The van der Waals surface area contributed by atoms with Crippen molar-refractivity contribution in [1.29, 1.82) is 0 Å². The second-order valence-electron chi connectivity index (χ2n) is 6.12. The average Bonchev–Trinajstić information content (AvgIpc) is 3.25. The molecule has 0 bridgehead atoms. The maximum absolute atomic E-state index is 12.1. The third kappa shape index (κ3) is 3.60. The van der Waals surface area contributed by atoms with E-state index < -0.39 is 11.2 Å². The Hall–Kier alpha value is -3.21. The van der Waals surface area contributed by atoms with Gasteiger partial charge in [-0.25, -0.2) is 0 Å². The van der Waals surface area contributed by atoms with Crippen molar-refractivity contribution < 1.29 is 33.7 Å². The first-order valence-electron chi connectivity index (χ1n) is 8.42. The van der Waals surface area contributed by atoms with Gasteiger partial charge in [-0.15, -0.1) is 5.10 Å². The van der Waals surface area contributed by atoms with E-state index in [1.54, 1.807) is 13.0 Å². The molecule has 0 aliphatic carbocycles. The topological polar surface area (TPSA) is 134 Å². The molecule has 0 radical (unpaired) electrons. The molecular formula is C18H19N3O7S. The zero-order chi connectivity index (χ0) is 21.3. The number of ether oxygens (including phenoxy) is 2. The molecule has 3 rings (SSSR count). The molecule has 2 N–H and O–H groups in total. The van der Waals surface area contributed by atoms with Crippen molar-refractivity contribution in [1.82, 2.24) is 4.90 Å². The van der Waals surface area contributed by atoms with Gasteiger partial charge in [-0.1, -0.05) is 11.8 Å². The highest BCUT2D eigenvalue weighted by atomic mass is 32.2. The number of carbonyl (C=O) groups excluding carboxylic acids is 1. The second-order valence-corrected chi connectivity index (χ2v) is 7.29. The van der Waals surface area contributed by atoms with Gasteiger partial charge in [0.2, 0.25) is 11.7 Å². The number of aliphatic carboxylic acids is 1. The first-order valence-corrected chi connectivity index (χ1v) is 9.30. The van der Waals surface area contributed by atoms with E-state index in [-0.39, 0.29) is 34.6 Å². The number of phenols is 1. The van der Waals surface area contributed by atoms with E-state index in [1.807, 2.05) is 0 Å². The van der Waals surface area contributed by atoms with Crippen molar-refractivity contribution in [3.05, 3.63) is 17.9 Å². The van der Waals surface area contributed by atoms with Gasteiger partial charge in [-0.05, 0) is 13.0 Å². The SMILES string of the molecule is COc1c(/C(C)=N/N=C2\SC(CC(=O)O)C(=O)N2C)c(O)c(OC)c2occc12. The highest BCUT2D eigenvalue weighted by Crippen LogP contribution is 2.45. The lowest BCUT2D eigenvalue weighted by atomic mass is 10.0. The Bertz CT molecular complexity index is 1040. The third-order valence-electron chi connectivity index (χ3n) is 4.35. The number of thioether (sulfide) groups is 1. The van der Waals surface area contributed by atoms with E-state index in [4.69, 9.17) is 19.0 Å². The smallest absolute Gasteiger partial charge is 0.305 e. The first-order chi connectivity index (χ1) is 13.8. The molecule has 11 heteroatoms. The van der Waals surface area contributed by atoms with Crippen LogP contribution in [0.15, 0.2) is 26.9 Å². The number of nitrogens with zero attached hydrogens (tertiary/aromatic N) is 3. The van der Waals surface area contributed by atoms with Crippen LogP contribution in [0.25, 0.3) is 11.0 Å². The van der Waals surface area contributed by atoms with Crippen LogP contribution in [-0.4, -0.2) is 64.4 Å². The number of aromatic hydroxyl groups is 1. The minimum Gasteiger partial charge on any atom is -0.504 e. The number of amides is 1. The monoisotopic (exact) mass is 421 g/mol. The molecule has 1 saturated heterocycles. The van der Waals surface area contributed by atoms with Gasteiger partial charge in [0.25, 0.3) is 0 Å². The molecular weight excluding hydrogens is 402 g/mol. The van der Waals surface area contributed by atoms with Gasteiger partial charge in [0.05, 0.1) is 43.6 Å². The molecule has 2 heterocycles. The molecule has 154 valence electrons. The molecule has 0 saturated carbocycles. The lowest BCUT2D eigenvalue weighted by Gasteiger charge is -2.14. The summed E-state index contributed by atoms with van der Waals surface area (Å²) in [7, 11) is 4.35. The molecule has 1 unspecified atom stereocenters. The molecule has 1 aliphatic rings. The predicted octanol–water partition coefficient (Wildman–Crippen LogP) is 2.28. The normalized spacial score (nSPS) is 18.7. The van der Waals surface area contributed by atoms with Crippen molar-refractivity contribution in [2.45, 2.75) is 18.6 Å². The number of carboxylic acids is 1. The Morgan fingerprint density at radius 1 is 1.34 bits per heavy atom. The van der Waals surface area contributed by atoms with E-state index in [0.717, 1.165) is 11.8 Å². The van der Waals surface area contributed by atoms with Crippen LogP contribution in [0.1, 0.15) is 18.9 Å². The number of methoxy groups -OCH3 is 2. The zero-order valence-electron chi connectivity index (χ0n) is 16.1. The van der Waals surface area contributed by atoms with Gasteiger partial charge in [-0.3, -0.25) is 14.5 Å². The fourth-order valence-electron chi connectivity index (χ4n) is 2.98. The molecule has 1 fully saturated rings. The van der Waals surface area contributed by atoms with Crippen molar-refractivity contribution in [3.8, 4) is 17.2 Å². The van der Waals surface area contributed by atoms with Crippen molar-refractivity contribution in [2.75, 3.05) is 21.3 Å². The second kappa shape index (κ2) is 8.03. The number of rotatable bonds is 6. The van der Waals surface area contributed by atoms with Gasteiger partial charge < -0.3 is 24.1 Å². The van der Waals surface area contributed by atoms with E-state index in [9.17, 15) is 14.7 Å². The molecule has 10 nitrogen and oxygen atoms in total. The predicted molar refractivity (Wildman–Crippen MR) is 107 cm³/mol. The largest absolute Gasteiger partial charge is 0.504 e. The van der Waals surface area contributed by atoms with Crippen LogP contribution >= 0.6 is 11.8 Å². The number of amidine groups is 1. The molecule has 1 amide bonds. The van der Waals surface area contributed by atoms with Gasteiger partial charge >= 0.3 is 5.97 Å². The Balaban J connectivity index is 2.03. The molecule has 29 heavy (non-hydrogen) atoms. The van der Waals surface area contributed by atoms with E-state index in [1.165, 1.54) is 32.4 Å². The molecule has 1 aromatic heterocycles. The van der Waals surface area contributed by atoms with Crippen LogP contribution in [0.2, 0.25) is 0 Å². The minimum atomic E-state index is -1.07. The highest BCUT2D eigenvalue weighted by molar-refractivity contribution is 8.15. The summed E-state index contributed by atoms with van der Waals surface area (Å²) in [6.45, 7) is 1.61. The summed E-state index contributed by atoms with van der Waals surface area (Å²) in [6.07, 6.45) is 1.14. The number of hydrogen-bond donors (Lipinski definition) is 2. The Kier molecular flexibility index (Phi) is 5.69. The molecule has 1 aliphatic heterocycles. The number of benzene rings is 1. The lowest BCUT2D eigenvalue weighted by Crippen LogP contribution is -2.28.